The third kappa shape index (κ3) is 5.15. The fraction of sp³-hybridized carbons (Fsp3) is 0.458. The van der Waals surface area contributed by atoms with E-state index in [1.54, 1.807) is 0 Å². The molecule has 1 N–H and O–H groups in total. The molecule has 31 heavy (non-hydrogen) atoms. The lowest BCUT2D eigenvalue weighted by Gasteiger charge is -2.31. The lowest BCUT2D eigenvalue weighted by atomic mass is 9.96. The fourth-order valence-corrected chi connectivity index (χ4v) is 6.12. The van der Waals surface area contributed by atoms with Crippen LogP contribution < -0.4 is 5.32 Å². The van der Waals surface area contributed by atoms with Crippen LogP contribution in [0.4, 0.5) is 4.39 Å². The van der Waals surface area contributed by atoms with E-state index in [1.807, 2.05) is 6.92 Å². The van der Waals surface area contributed by atoms with E-state index in [9.17, 15) is 17.6 Å². The van der Waals surface area contributed by atoms with Crippen LogP contribution in [0.2, 0.25) is 0 Å². The van der Waals surface area contributed by atoms with E-state index in [4.69, 9.17) is 0 Å². The van der Waals surface area contributed by atoms with Gasteiger partial charge in [-0.1, -0.05) is 30.3 Å². The van der Waals surface area contributed by atoms with Crippen molar-refractivity contribution in [1.82, 2.24) is 9.62 Å². The maximum Gasteiger partial charge on any atom is 0.223 e. The summed E-state index contributed by atoms with van der Waals surface area (Å²) in [6.07, 6.45) is 4.45. The predicted octanol–water partition coefficient (Wildman–Crippen LogP) is 3.73. The van der Waals surface area contributed by atoms with E-state index >= 15 is 0 Å². The Morgan fingerprint density at radius 2 is 1.77 bits per heavy atom. The minimum absolute atomic E-state index is 0.0106. The van der Waals surface area contributed by atoms with Crippen LogP contribution in [0.15, 0.2) is 42.5 Å². The van der Waals surface area contributed by atoms with Crippen molar-refractivity contribution in [1.29, 1.82) is 0 Å². The summed E-state index contributed by atoms with van der Waals surface area (Å²) in [6.45, 7) is 2.65. The average Bonchev–Trinajstić information content (AvgIpc) is 3.23. The molecule has 2 aromatic carbocycles. The minimum Gasteiger partial charge on any atom is -0.349 e. The molecular weight excluding hydrogens is 415 g/mol. The molecular formula is C24H29FN2O3S. The van der Waals surface area contributed by atoms with Crippen LogP contribution in [0.1, 0.15) is 54.5 Å². The highest BCUT2D eigenvalue weighted by atomic mass is 32.2. The summed E-state index contributed by atoms with van der Waals surface area (Å²) in [5.74, 6) is -0.737. The molecule has 1 saturated heterocycles. The van der Waals surface area contributed by atoms with Gasteiger partial charge in [-0.2, -0.15) is 0 Å². The van der Waals surface area contributed by atoms with Crippen molar-refractivity contribution in [3.8, 4) is 0 Å². The summed E-state index contributed by atoms with van der Waals surface area (Å²) in [4.78, 5) is 12.8. The summed E-state index contributed by atoms with van der Waals surface area (Å²) in [5, 5.41) is 3.11. The molecule has 7 heteroatoms. The van der Waals surface area contributed by atoms with Crippen molar-refractivity contribution in [2.45, 2.75) is 50.8 Å². The molecule has 0 spiro atoms. The van der Waals surface area contributed by atoms with E-state index in [0.29, 0.717) is 31.5 Å². The number of halogens is 1. The molecule has 0 radical (unpaired) electrons. The van der Waals surface area contributed by atoms with Gasteiger partial charge in [-0.15, -0.1) is 0 Å². The number of aryl methyl sites for hydroxylation is 2. The van der Waals surface area contributed by atoms with Crippen molar-refractivity contribution >= 4 is 15.9 Å². The normalized spacial score (nSPS) is 18.5. The van der Waals surface area contributed by atoms with E-state index in [-0.39, 0.29) is 29.4 Å². The van der Waals surface area contributed by atoms with Crippen LogP contribution in [0.5, 0.6) is 0 Å². The molecule has 0 saturated carbocycles. The highest BCUT2D eigenvalue weighted by Crippen LogP contribution is 2.27. The van der Waals surface area contributed by atoms with Gasteiger partial charge in [-0.05, 0) is 73.4 Å². The van der Waals surface area contributed by atoms with Gasteiger partial charge in [0.2, 0.25) is 15.9 Å². The zero-order valence-electron chi connectivity index (χ0n) is 17.8. The Balaban J connectivity index is 1.30. The van der Waals surface area contributed by atoms with Crippen LogP contribution in [-0.4, -0.2) is 31.7 Å². The molecule has 1 heterocycles. The molecule has 1 aliphatic heterocycles. The monoisotopic (exact) mass is 444 g/mol. The van der Waals surface area contributed by atoms with Crippen molar-refractivity contribution < 1.29 is 17.6 Å². The largest absolute Gasteiger partial charge is 0.349 e. The van der Waals surface area contributed by atoms with Gasteiger partial charge in [0.1, 0.15) is 5.82 Å². The lowest BCUT2D eigenvalue weighted by Crippen LogP contribution is -2.43. The Bertz CT molecular complexity index is 1040. The van der Waals surface area contributed by atoms with Gasteiger partial charge in [-0.3, -0.25) is 4.79 Å². The van der Waals surface area contributed by atoms with Crippen LogP contribution in [-0.2, 0) is 33.4 Å². The zero-order valence-corrected chi connectivity index (χ0v) is 18.6. The van der Waals surface area contributed by atoms with Gasteiger partial charge < -0.3 is 5.32 Å². The van der Waals surface area contributed by atoms with Gasteiger partial charge in [0.05, 0.1) is 11.8 Å². The van der Waals surface area contributed by atoms with Gasteiger partial charge in [0.25, 0.3) is 0 Å². The van der Waals surface area contributed by atoms with Gasteiger partial charge in [0.15, 0.2) is 0 Å². The second kappa shape index (κ2) is 9.09. The van der Waals surface area contributed by atoms with Gasteiger partial charge in [0, 0.05) is 19.0 Å². The summed E-state index contributed by atoms with van der Waals surface area (Å²) < 4.78 is 39.9. The van der Waals surface area contributed by atoms with E-state index in [0.717, 1.165) is 18.4 Å². The molecule has 1 atom stereocenters. The summed E-state index contributed by atoms with van der Waals surface area (Å²) in [6, 6.07) is 11.9. The number of rotatable bonds is 6. The topological polar surface area (TPSA) is 66.5 Å². The number of nitrogens with zero attached hydrogens (tertiary/aromatic N) is 1. The van der Waals surface area contributed by atoms with Crippen LogP contribution in [0.3, 0.4) is 0 Å². The number of hydrogen-bond donors (Lipinski definition) is 1. The fourth-order valence-electron chi connectivity index (χ4n) is 4.55. The minimum atomic E-state index is -3.49. The molecule has 0 aromatic heterocycles. The molecule has 5 nitrogen and oxygen atoms in total. The van der Waals surface area contributed by atoms with E-state index in [2.05, 4.69) is 23.5 Å². The molecule has 1 amide bonds. The summed E-state index contributed by atoms with van der Waals surface area (Å²) in [5.41, 5.74) is 4.48. The number of sulfonamides is 1. The van der Waals surface area contributed by atoms with Crippen molar-refractivity contribution in [2.24, 2.45) is 5.92 Å². The predicted molar refractivity (Wildman–Crippen MR) is 118 cm³/mol. The molecule has 1 fully saturated rings. The van der Waals surface area contributed by atoms with Gasteiger partial charge >= 0.3 is 0 Å². The van der Waals surface area contributed by atoms with Crippen LogP contribution in [0.25, 0.3) is 0 Å². The number of amides is 1. The first-order valence-electron chi connectivity index (χ1n) is 11.0. The SMILES string of the molecule is CC(NC(=O)C1CCN(S(=O)(=O)Cc2ccc(F)cc2)CC1)c1ccc2c(c1)CCC2. The van der Waals surface area contributed by atoms with E-state index in [1.165, 1.54) is 46.1 Å². The molecule has 0 bridgehead atoms. The number of fused-ring (bicyclic) bond motifs is 1. The Hall–Kier alpha value is -2.25. The highest BCUT2D eigenvalue weighted by molar-refractivity contribution is 7.88. The van der Waals surface area contributed by atoms with E-state index < -0.39 is 10.0 Å². The number of nitrogens with one attached hydrogen (secondary N) is 1. The number of carbonyl (C=O) groups is 1. The summed E-state index contributed by atoms with van der Waals surface area (Å²) in [7, 11) is -3.49. The first-order valence-corrected chi connectivity index (χ1v) is 12.6. The Morgan fingerprint density at radius 3 is 2.48 bits per heavy atom. The number of hydrogen-bond acceptors (Lipinski definition) is 3. The number of carbonyl (C=O) groups excluding carboxylic acids is 1. The Morgan fingerprint density at radius 1 is 1.10 bits per heavy atom. The second-order valence-corrected chi connectivity index (χ2v) is 10.6. The first-order chi connectivity index (χ1) is 14.8. The lowest BCUT2D eigenvalue weighted by molar-refractivity contribution is -0.126. The zero-order chi connectivity index (χ0) is 22.0. The standard InChI is InChI=1S/C24H29FN2O3S/c1-17(21-8-7-19-3-2-4-22(19)15-21)26-24(28)20-11-13-27(14-12-20)31(29,30)16-18-5-9-23(25)10-6-18/h5-10,15,17,20H,2-4,11-14,16H2,1H3,(H,26,28). The molecule has 166 valence electrons. The molecule has 4 rings (SSSR count). The highest BCUT2D eigenvalue weighted by Gasteiger charge is 2.31. The average molecular weight is 445 g/mol. The second-order valence-electron chi connectivity index (χ2n) is 8.67. The molecule has 1 unspecified atom stereocenters. The van der Waals surface area contributed by atoms with Crippen LogP contribution in [0, 0.1) is 11.7 Å². The quantitative estimate of drug-likeness (QED) is 0.738. The Kier molecular flexibility index (Phi) is 6.44. The number of benzene rings is 2. The number of piperidine rings is 1. The third-order valence-electron chi connectivity index (χ3n) is 6.46. The van der Waals surface area contributed by atoms with Crippen LogP contribution >= 0.6 is 0 Å². The van der Waals surface area contributed by atoms with Crippen molar-refractivity contribution in [3.63, 3.8) is 0 Å². The molecule has 1 aliphatic carbocycles. The maximum absolute atomic E-state index is 13.1. The van der Waals surface area contributed by atoms with Gasteiger partial charge in [-0.25, -0.2) is 17.1 Å². The first kappa shape index (κ1) is 22.0. The smallest absolute Gasteiger partial charge is 0.223 e. The summed E-state index contributed by atoms with van der Waals surface area (Å²) >= 11 is 0. The molecule has 2 aromatic rings. The maximum atomic E-state index is 13.1. The molecule has 2 aliphatic rings. The van der Waals surface area contributed by atoms with Crippen molar-refractivity contribution in [3.05, 3.63) is 70.5 Å². The van der Waals surface area contributed by atoms with Crippen molar-refractivity contribution in [2.75, 3.05) is 13.1 Å². The Labute approximate surface area is 183 Å². The third-order valence-corrected chi connectivity index (χ3v) is 8.31.